The number of ether oxygens (including phenoxy) is 2. The number of likely N-dealkylation sites (N-methyl/N-ethyl adjacent to an activating group) is 1. The molecule has 2 amide bonds. The predicted octanol–water partition coefficient (Wildman–Crippen LogP) is 3.53. The zero-order valence-corrected chi connectivity index (χ0v) is 19.8. The van der Waals surface area contributed by atoms with Gasteiger partial charge in [-0.2, -0.15) is 11.8 Å². The molecule has 9 nitrogen and oxygen atoms in total. The summed E-state index contributed by atoms with van der Waals surface area (Å²) in [5.41, 5.74) is 0.716. The average molecular weight is 494 g/mol. The first-order valence-corrected chi connectivity index (χ1v) is 11.9. The smallest absolute Gasteiger partial charge is 0.270 e. The standard InChI is InChI=1S/C22H24ClN3O6S/c1-25(13-14-3-6-19-20(11-14)32-9-8-31-19)22(28)18(7-10-33-2)24-21(27)16-5-4-15(26(29)30)12-17(16)23/h3-6,11-12,18H,7-10,13H2,1-2H3,(H,24,27)/t18-/m1/s1. The Bertz CT molecular complexity index is 1050. The molecule has 2 aromatic rings. The van der Waals surface area contributed by atoms with Crippen LogP contribution < -0.4 is 14.8 Å². The maximum absolute atomic E-state index is 13.2. The molecule has 0 saturated heterocycles. The van der Waals surface area contributed by atoms with E-state index in [1.165, 1.54) is 17.0 Å². The lowest BCUT2D eigenvalue weighted by Crippen LogP contribution is -2.47. The molecule has 1 aliphatic rings. The lowest BCUT2D eigenvalue weighted by molar-refractivity contribution is -0.384. The number of benzene rings is 2. The summed E-state index contributed by atoms with van der Waals surface area (Å²) in [5.74, 6) is 1.14. The number of rotatable bonds is 9. The molecule has 33 heavy (non-hydrogen) atoms. The molecule has 0 aliphatic carbocycles. The first kappa shape index (κ1) is 24.7. The molecule has 3 rings (SSSR count). The van der Waals surface area contributed by atoms with Crippen LogP contribution in [0, 0.1) is 10.1 Å². The van der Waals surface area contributed by atoms with Crippen molar-refractivity contribution in [2.24, 2.45) is 0 Å². The van der Waals surface area contributed by atoms with Gasteiger partial charge in [0.05, 0.1) is 15.5 Å². The third kappa shape index (κ3) is 6.29. The van der Waals surface area contributed by atoms with Gasteiger partial charge in [0.25, 0.3) is 11.6 Å². The number of nitro groups is 1. The molecule has 11 heteroatoms. The van der Waals surface area contributed by atoms with Crippen LogP contribution in [0.2, 0.25) is 5.02 Å². The van der Waals surface area contributed by atoms with Crippen LogP contribution in [0.5, 0.6) is 11.5 Å². The van der Waals surface area contributed by atoms with Gasteiger partial charge in [0.15, 0.2) is 11.5 Å². The number of carbonyl (C=O) groups excluding carboxylic acids is 2. The number of nitrogens with one attached hydrogen (secondary N) is 1. The molecule has 0 aromatic heterocycles. The molecule has 0 unspecified atom stereocenters. The van der Waals surface area contributed by atoms with Crippen LogP contribution in [0.4, 0.5) is 5.69 Å². The topological polar surface area (TPSA) is 111 Å². The second kappa shape index (κ2) is 11.2. The first-order valence-electron chi connectivity index (χ1n) is 10.2. The van der Waals surface area contributed by atoms with Gasteiger partial charge >= 0.3 is 0 Å². The molecule has 0 fully saturated rings. The maximum atomic E-state index is 13.2. The van der Waals surface area contributed by atoms with Crippen LogP contribution >= 0.6 is 23.4 Å². The first-order chi connectivity index (χ1) is 15.8. The molecule has 1 aliphatic heterocycles. The summed E-state index contributed by atoms with van der Waals surface area (Å²) in [6.07, 6.45) is 2.33. The Kier molecular flexibility index (Phi) is 8.40. The molecule has 2 aromatic carbocycles. The number of amides is 2. The minimum absolute atomic E-state index is 0.0533. The molecule has 0 saturated carbocycles. The number of non-ortho nitro benzene ring substituents is 1. The van der Waals surface area contributed by atoms with E-state index < -0.39 is 16.9 Å². The SMILES string of the molecule is CSCC[C@@H](NC(=O)c1ccc([N+](=O)[O-])cc1Cl)C(=O)N(C)Cc1ccc2c(c1)OCCO2. The highest BCUT2D eigenvalue weighted by molar-refractivity contribution is 7.98. The minimum atomic E-state index is -0.779. The average Bonchev–Trinajstić information content (AvgIpc) is 2.80. The third-order valence-corrected chi connectivity index (χ3v) is 5.98. The molecule has 1 atom stereocenters. The summed E-state index contributed by atoms with van der Waals surface area (Å²) in [6.45, 7) is 1.29. The molecule has 0 bridgehead atoms. The normalized spacial score (nSPS) is 13.2. The van der Waals surface area contributed by atoms with E-state index >= 15 is 0 Å². The van der Waals surface area contributed by atoms with Gasteiger partial charge in [0, 0.05) is 25.7 Å². The zero-order chi connectivity index (χ0) is 24.0. The Morgan fingerprint density at radius 2 is 1.94 bits per heavy atom. The minimum Gasteiger partial charge on any atom is -0.486 e. The fourth-order valence-corrected chi connectivity index (χ4v) is 4.07. The number of halogens is 1. The monoisotopic (exact) mass is 493 g/mol. The van der Waals surface area contributed by atoms with Crippen molar-refractivity contribution < 1.29 is 24.0 Å². The predicted molar refractivity (Wildman–Crippen MR) is 126 cm³/mol. The van der Waals surface area contributed by atoms with Crippen LogP contribution in [0.3, 0.4) is 0 Å². The Morgan fingerprint density at radius 3 is 2.61 bits per heavy atom. The molecule has 1 N–H and O–H groups in total. The van der Waals surface area contributed by atoms with Gasteiger partial charge in [-0.3, -0.25) is 19.7 Å². The maximum Gasteiger partial charge on any atom is 0.270 e. The highest BCUT2D eigenvalue weighted by Gasteiger charge is 2.26. The lowest BCUT2D eigenvalue weighted by atomic mass is 10.1. The van der Waals surface area contributed by atoms with Crippen molar-refractivity contribution in [3.8, 4) is 11.5 Å². The van der Waals surface area contributed by atoms with E-state index in [2.05, 4.69) is 5.32 Å². The van der Waals surface area contributed by atoms with Crippen LogP contribution in [0.15, 0.2) is 36.4 Å². The Hall–Kier alpha value is -2.98. The largest absolute Gasteiger partial charge is 0.486 e. The number of carbonyl (C=O) groups is 2. The highest BCUT2D eigenvalue weighted by atomic mass is 35.5. The Balaban J connectivity index is 1.71. The number of fused-ring (bicyclic) bond motifs is 1. The van der Waals surface area contributed by atoms with Crippen molar-refractivity contribution in [2.75, 3.05) is 32.3 Å². The van der Waals surface area contributed by atoms with E-state index in [0.29, 0.717) is 43.4 Å². The number of thioether (sulfide) groups is 1. The van der Waals surface area contributed by atoms with Gasteiger partial charge in [-0.1, -0.05) is 17.7 Å². The molecular weight excluding hydrogens is 470 g/mol. The summed E-state index contributed by atoms with van der Waals surface area (Å²) in [7, 11) is 1.66. The molecule has 0 radical (unpaired) electrons. The lowest BCUT2D eigenvalue weighted by Gasteiger charge is -2.25. The Morgan fingerprint density at radius 1 is 1.21 bits per heavy atom. The zero-order valence-electron chi connectivity index (χ0n) is 18.2. The fourth-order valence-electron chi connectivity index (χ4n) is 3.33. The Labute approximate surface area is 200 Å². The van der Waals surface area contributed by atoms with Crippen LogP contribution in [-0.2, 0) is 11.3 Å². The number of hydrogen-bond acceptors (Lipinski definition) is 7. The van der Waals surface area contributed by atoms with Crippen molar-refractivity contribution in [1.29, 1.82) is 0 Å². The van der Waals surface area contributed by atoms with E-state index in [1.807, 2.05) is 24.5 Å². The van der Waals surface area contributed by atoms with E-state index in [0.717, 1.165) is 11.6 Å². The second-order valence-electron chi connectivity index (χ2n) is 7.40. The van der Waals surface area contributed by atoms with Crippen LogP contribution in [-0.4, -0.2) is 59.9 Å². The van der Waals surface area contributed by atoms with Crippen molar-refractivity contribution in [3.05, 3.63) is 62.7 Å². The van der Waals surface area contributed by atoms with Gasteiger partial charge in [-0.15, -0.1) is 0 Å². The third-order valence-electron chi connectivity index (χ3n) is 5.02. The van der Waals surface area contributed by atoms with E-state index in [-0.39, 0.29) is 22.2 Å². The van der Waals surface area contributed by atoms with Gasteiger partial charge in [-0.25, -0.2) is 0 Å². The van der Waals surface area contributed by atoms with Crippen molar-refractivity contribution in [2.45, 2.75) is 19.0 Å². The summed E-state index contributed by atoms with van der Waals surface area (Å²) < 4.78 is 11.1. The van der Waals surface area contributed by atoms with Gasteiger partial charge in [0.2, 0.25) is 5.91 Å². The van der Waals surface area contributed by atoms with Crippen LogP contribution in [0.25, 0.3) is 0 Å². The molecule has 0 spiro atoms. The summed E-state index contributed by atoms with van der Waals surface area (Å²) in [6, 6.07) is 8.33. The van der Waals surface area contributed by atoms with Gasteiger partial charge in [0.1, 0.15) is 19.3 Å². The van der Waals surface area contributed by atoms with E-state index in [9.17, 15) is 19.7 Å². The summed E-state index contributed by atoms with van der Waals surface area (Å²) in [5, 5.41) is 13.6. The van der Waals surface area contributed by atoms with Crippen molar-refractivity contribution >= 4 is 40.9 Å². The van der Waals surface area contributed by atoms with E-state index in [1.54, 1.807) is 18.8 Å². The number of nitro benzene ring substituents is 1. The highest BCUT2D eigenvalue weighted by Crippen LogP contribution is 2.31. The number of hydrogen-bond donors (Lipinski definition) is 1. The fraction of sp³-hybridized carbons (Fsp3) is 0.364. The number of nitrogens with zero attached hydrogens (tertiary/aromatic N) is 2. The van der Waals surface area contributed by atoms with Crippen LogP contribution in [0.1, 0.15) is 22.3 Å². The van der Waals surface area contributed by atoms with E-state index in [4.69, 9.17) is 21.1 Å². The second-order valence-corrected chi connectivity index (χ2v) is 8.79. The summed E-state index contributed by atoms with van der Waals surface area (Å²) in [4.78, 5) is 37.8. The molecular formula is C22H24ClN3O6S. The molecule has 1 heterocycles. The molecule has 176 valence electrons. The van der Waals surface area contributed by atoms with Crippen molar-refractivity contribution in [1.82, 2.24) is 10.2 Å². The van der Waals surface area contributed by atoms with Crippen molar-refractivity contribution in [3.63, 3.8) is 0 Å². The summed E-state index contributed by atoms with van der Waals surface area (Å²) >= 11 is 7.63. The van der Waals surface area contributed by atoms with Gasteiger partial charge in [-0.05, 0) is 42.2 Å². The quantitative estimate of drug-likeness (QED) is 0.420. The van der Waals surface area contributed by atoms with Gasteiger partial charge < -0.3 is 19.7 Å².